The average Bonchev–Trinajstić information content (AvgIpc) is 3.07. The Morgan fingerprint density at radius 2 is 1.83 bits per heavy atom. The lowest BCUT2D eigenvalue weighted by atomic mass is 10.0. The first kappa shape index (κ1) is 18.5. The molecule has 1 heterocycles. The third-order valence-electron chi connectivity index (χ3n) is 4.79. The van der Waals surface area contributed by atoms with E-state index >= 15 is 0 Å². The fourth-order valence-electron chi connectivity index (χ4n) is 3.28. The van der Waals surface area contributed by atoms with Gasteiger partial charge < -0.3 is 15.4 Å². The first-order chi connectivity index (χ1) is 14.1. The van der Waals surface area contributed by atoms with Crippen LogP contribution in [-0.2, 0) is 11.2 Å². The van der Waals surface area contributed by atoms with Crippen LogP contribution in [0.2, 0.25) is 0 Å². The van der Waals surface area contributed by atoms with Gasteiger partial charge in [0.05, 0.1) is 7.11 Å². The van der Waals surface area contributed by atoms with Gasteiger partial charge in [-0.05, 0) is 54.4 Å². The van der Waals surface area contributed by atoms with E-state index in [4.69, 9.17) is 4.74 Å². The molecular weight excluding hydrogens is 364 g/mol. The number of benzene rings is 3. The van der Waals surface area contributed by atoms with Crippen LogP contribution < -0.4 is 15.4 Å². The molecule has 3 aromatic carbocycles. The van der Waals surface area contributed by atoms with Gasteiger partial charge in [-0.25, -0.2) is 0 Å². The summed E-state index contributed by atoms with van der Waals surface area (Å²) in [5.74, 6) is 0.427. The molecule has 0 spiro atoms. The standard InChI is InChI=1S/C24H20N2O3/c1-29-19-12-10-17(11-13-19)23(27)25-18-6-4-5-16(15-18)9-14-21-20-7-2-3-8-22(20)26-24(21)28/h2-8,10-15H,9H2,1H3,(H,25,27)(H,26,28)/b21-14-. The number of anilines is 2. The van der Waals surface area contributed by atoms with Crippen LogP contribution in [0.4, 0.5) is 11.4 Å². The maximum absolute atomic E-state index is 12.5. The molecule has 0 atom stereocenters. The van der Waals surface area contributed by atoms with Crippen molar-refractivity contribution in [1.82, 2.24) is 0 Å². The van der Waals surface area contributed by atoms with E-state index in [0.717, 1.165) is 16.8 Å². The van der Waals surface area contributed by atoms with Gasteiger partial charge in [0.15, 0.2) is 0 Å². The van der Waals surface area contributed by atoms with Crippen molar-refractivity contribution >= 4 is 28.8 Å². The number of rotatable bonds is 5. The van der Waals surface area contributed by atoms with Crippen molar-refractivity contribution in [2.45, 2.75) is 6.42 Å². The summed E-state index contributed by atoms with van der Waals surface area (Å²) in [6, 6.07) is 22.2. The highest BCUT2D eigenvalue weighted by Crippen LogP contribution is 2.31. The minimum absolute atomic E-state index is 0.0878. The van der Waals surface area contributed by atoms with Gasteiger partial charge in [-0.15, -0.1) is 0 Å². The molecule has 3 aromatic rings. The van der Waals surface area contributed by atoms with Crippen LogP contribution in [0, 0.1) is 0 Å². The van der Waals surface area contributed by atoms with E-state index in [9.17, 15) is 9.59 Å². The molecular formula is C24H20N2O3. The Labute approximate surface area is 169 Å². The first-order valence-corrected chi connectivity index (χ1v) is 9.29. The largest absolute Gasteiger partial charge is 0.497 e. The van der Waals surface area contributed by atoms with Crippen molar-refractivity contribution in [2.24, 2.45) is 0 Å². The van der Waals surface area contributed by atoms with E-state index in [1.165, 1.54) is 0 Å². The van der Waals surface area contributed by atoms with E-state index < -0.39 is 0 Å². The summed E-state index contributed by atoms with van der Waals surface area (Å²) in [6.45, 7) is 0. The fraction of sp³-hybridized carbons (Fsp3) is 0.0833. The smallest absolute Gasteiger partial charge is 0.256 e. The normalized spacial score (nSPS) is 13.7. The maximum atomic E-state index is 12.5. The fourth-order valence-corrected chi connectivity index (χ4v) is 3.28. The average molecular weight is 384 g/mol. The number of para-hydroxylation sites is 1. The molecule has 0 fully saturated rings. The Morgan fingerprint density at radius 1 is 1.03 bits per heavy atom. The highest BCUT2D eigenvalue weighted by atomic mass is 16.5. The number of methoxy groups -OCH3 is 1. The van der Waals surface area contributed by atoms with Gasteiger partial charge in [-0.1, -0.05) is 36.4 Å². The number of fused-ring (bicyclic) bond motifs is 1. The lowest BCUT2D eigenvalue weighted by molar-refractivity contribution is -0.110. The topological polar surface area (TPSA) is 67.4 Å². The van der Waals surface area contributed by atoms with E-state index in [1.54, 1.807) is 31.4 Å². The van der Waals surface area contributed by atoms with Crippen molar-refractivity contribution in [3.8, 4) is 5.75 Å². The number of hydrogen-bond donors (Lipinski definition) is 2. The van der Waals surface area contributed by atoms with Crippen molar-refractivity contribution < 1.29 is 14.3 Å². The second kappa shape index (κ2) is 8.02. The Bertz CT molecular complexity index is 1100. The van der Waals surface area contributed by atoms with Crippen molar-refractivity contribution in [2.75, 3.05) is 17.7 Å². The molecule has 0 unspecified atom stereocenters. The molecule has 0 aromatic heterocycles. The number of carbonyl (C=O) groups excluding carboxylic acids is 2. The van der Waals surface area contributed by atoms with Crippen LogP contribution in [0.3, 0.4) is 0 Å². The van der Waals surface area contributed by atoms with Crippen LogP contribution in [0.5, 0.6) is 5.75 Å². The van der Waals surface area contributed by atoms with E-state index in [2.05, 4.69) is 10.6 Å². The van der Waals surface area contributed by atoms with Crippen molar-refractivity contribution in [3.63, 3.8) is 0 Å². The minimum Gasteiger partial charge on any atom is -0.497 e. The summed E-state index contributed by atoms with van der Waals surface area (Å²) in [5, 5.41) is 5.78. The molecule has 5 heteroatoms. The third-order valence-corrected chi connectivity index (χ3v) is 4.79. The lowest BCUT2D eigenvalue weighted by Crippen LogP contribution is -2.11. The zero-order chi connectivity index (χ0) is 20.2. The molecule has 1 aliphatic heterocycles. The zero-order valence-corrected chi connectivity index (χ0v) is 15.9. The van der Waals surface area contributed by atoms with E-state index in [-0.39, 0.29) is 11.8 Å². The quantitative estimate of drug-likeness (QED) is 0.635. The summed E-state index contributed by atoms with van der Waals surface area (Å²) in [6.07, 6.45) is 2.51. The summed E-state index contributed by atoms with van der Waals surface area (Å²) < 4.78 is 5.12. The van der Waals surface area contributed by atoms with Crippen molar-refractivity contribution in [3.05, 3.63) is 95.6 Å². The molecule has 0 saturated heterocycles. The molecule has 2 amide bonds. The van der Waals surface area contributed by atoms with Crippen LogP contribution in [0.1, 0.15) is 21.5 Å². The van der Waals surface area contributed by atoms with Crippen LogP contribution >= 0.6 is 0 Å². The summed E-state index contributed by atoms with van der Waals surface area (Å²) in [7, 11) is 1.59. The second-order valence-corrected chi connectivity index (χ2v) is 6.70. The van der Waals surface area contributed by atoms with Crippen LogP contribution in [0.15, 0.2) is 78.9 Å². The highest BCUT2D eigenvalue weighted by molar-refractivity contribution is 6.31. The summed E-state index contributed by atoms with van der Waals surface area (Å²) in [5.41, 5.74) is 4.69. The van der Waals surface area contributed by atoms with Gasteiger partial charge in [0.1, 0.15) is 5.75 Å². The van der Waals surface area contributed by atoms with Crippen LogP contribution in [-0.4, -0.2) is 18.9 Å². The minimum atomic E-state index is -0.188. The third kappa shape index (κ3) is 4.04. The molecule has 0 saturated carbocycles. The molecule has 0 bridgehead atoms. The second-order valence-electron chi connectivity index (χ2n) is 6.70. The zero-order valence-electron chi connectivity index (χ0n) is 15.9. The van der Waals surface area contributed by atoms with Gasteiger partial charge in [-0.2, -0.15) is 0 Å². The van der Waals surface area contributed by atoms with Crippen LogP contribution in [0.25, 0.3) is 5.57 Å². The Hall–Kier alpha value is -3.86. The molecule has 0 radical (unpaired) electrons. The Balaban J connectivity index is 1.48. The molecule has 29 heavy (non-hydrogen) atoms. The van der Waals surface area contributed by atoms with Gasteiger partial charge in [0, 0.05) is 28.1 Å². The van der Waals surface area contributed by atoms with E-state index in [1.807, 2.05) is 54.6 Å². The highest BCUT2D eigenvalue weighted by Gasteiger charge is 2.22. The molecule has 5 nitrogen and oxygen atoms in total. The number of carbonyl (C=O) groups is 2. The molecule has 144 valence electrons. The van der Waals surface area contributed by atoms with Gasteiger partial charge in [-0.3, -0.25) is 9.59 Å². The molecule has 0 aliphatic carbocycles. The Kier molecular flexibility index (Phi) is 5.12. The summed E-state index contributed by atoms with van der Waals surface area (Å²) >= 11 is 0. The lowest BCUT2D eigenvalue weighted by Gasteiger charge is -2.08. The monoisotopic (exact) mass is 384 g/mol. The van der Waals surface area contributed by atoms with Crippen molar-refractivity contribution in [1.29, 1.82) is 0 Å². The number of ether oxygens (including phenoxy) is 1. The number of allylic oxidation sites excluding steroid dienone is 1. The predicted molar refractivity (Wildman–Crippen MR) is 114 cm³/mol. The predicted octanol–water partition coefficient (Wildman–Crippen LogP) is 4.53. The van der Waals surface area contributed by atoms with Gasteiger partial charge >= 0.3 is 0 Å². The molecule has 2 N–H and O–H groups in total. The Morgan fingerprint density at radius 3 is 2.62 bits per heavy atom. The molecule has 4 rings (SSSR count). The SMILES string of the molecule is COc1ccc(C(=O)Nc2cccc(C/C=C3\C(=O)Nc4ccccc43)c2)cc1. The first-order valence-electron chi connectivity index (χ1n) is 9.29. The van der Waals surface area contributed by atoms with E-state index in [0.29, 0.717) is 29.0 Å². The maximum Gasteiger partial charge on any atom is 0.256 e. The summed E-state index contributed by atoms with van der Waals surface area (Å²) in [4.78, 5) is 24.7. The van der Waals surface area contributed by atoms with Gasteiger partial charge in [0.2, 0.25) is 0 Å². The molecule has 1 aliphatic rings. The number of hydrogen-bond acceptors (Lipinski definition) is 3. The number of nitrogens with one attached hydrogen (secondary N) is 2. The number of amides is 2. The van der Waals surface area contributed by atoms with Gasteiger partial charge in [0.25, 0.3) is 11.8 Å².